The molecule has 0 aliphatic carbocycles. The van der Waals surface area contributed by atoms with E-state index in [9.17, 15) is 14.9 Å². The van der Waals surface area contributed by atoms with Crippen molar-refractivity contribution in [1.29, 1.82) is 0 Å². The molecule has 0 saturated carbocycles. The molecule has 1 aromatic rings. The number of carbonyl (C=O) groups is 1. The zero-order valence-electron chi connectivity index (χ0n) is 10.3. The second-order valence-corrected chi connectivity index (χ2v) is 5.19. The largest absolute Gasteiger partial charge is 0.325 e. The number of benzene rings is 1. The highest BCUT2D eigenvalue weighted by molar-refractivity contribution is 7.98. The number of halogens is 1. The van der Waals surface area contributed by atoms with Gasteiger partial charge < -0.3 is 11.1 Å². The van der Waals surface area contributed by atoms with Gasteiger partial charge in [0, 0.05) is 11.8 Å². The van der Waals surface area contributed by atoms with E-state index >= 15 is 0 Å². The molecule has 3 N–H and O–H groups in total. The van der Waals surface area contributed by atoms with Crippen LogP contribution in [0.2, 0.25) is 5.02 Å². The van der Waals surface area contributed by atoms with Gasteiger partial charge in [-0.1, -0.05) is 11.6 Å². The van der Waals surface area contributed by atoms with Gasteiger partial charge in [0.1, 0.15) is 5.02 Å². The Hall–Kier alpha value is -1.31. The van der Waals surface area contributed by atoms with Gasteiger partial charge in [-0.3, -0.25) is 14.9 Å². The fourth-order valence-corrected chi connectivity index (χ4v) is 2.08. The Bertz CT molecular complexity index is 484. The van der Waals surface area contributed by atoms with Crippen molar-refractivity contribution in [2.75, 3.05) is 17.3 Å². The van der Waals surface area contributed by atoms with Gasteiger partial charge in [0.2, 0.25) is 5.91 Å². The normalized spacial score (nSPS) is 11.9. The number of hydrogen-bond donors (Lipinski definition) is 2. The predicted octanol–water partition coefficient (Wildman–Crippen LogP) is 2.27. The third kappa shape index (κ3) is 4.70. The van der Waals surface area contributed by atoms with Crippen LogP contribution >= 0.6 is 23.4 Å². The highest BCUT2D eigenvalue weighted by Crippen LogP contribution is 2.27. The number of anilines is 1. The summed E-state index contributed by atoms with van der Waals surface area (Å²) in [7, 11) is 0. The molecule has 0 aromatic heterocycles. The van der Waals surface area contributed by atoms with E-state index in [-0.39, 0.29) is 16.6 Å². The van der Waals surface area contributed by atoms with Gasteiger partial charge in [0.05, 0.1) is 11.0 Å². The van der Waals surface area contributed by atoms with Crippen molar-refractivity contribution in [1.82, 2.24) is 0 Å². The van der Waals surface area contributed by atoms with Gasteiger partial charge in [-0.2, -0.15) is 11.8 Å². The second kappa shape index (κ2) is 7.32. The number of rotatable bonds is 6. The lowest BCUT2D eigenvalue weighted by Crippen LogP contribution is -2.36. The summed E-state index contributed by atoms with van der Waals surface area (Å²) < 4.78 is 0. The molecule has 0 fully saturated rings. The number of amides is 1. The molecule has 0 heterocycles. The number of nitrogens with one attached hydrogen (secondary N) is 1. The third-order valence-corrected chi connectivity index (χ3v) is 3.33. The van der Waals surface area contributed by atoms with Gasteiger partial charge in [-0.15, -0.1) is 0 Å². The van der Waals surface area contributed by atoms with Gasteiger partial charge in [0.25, 0.3) is 5.69 Å². The van der Waals surface area contributed by atoms with Crippen LogP contribution in [0.3, 0.4) is 0 Å². The Morgan fingerprint density at radius 3 is 2.84 bits per heavy atom. The van der Waals surface area contributed by atoms with E-state index in [0.717, 1.165) is 5.75 Å². The maximum atomic E-state index is 11.7. The van der Waals surface area contributed by atoms with Gasteiger partial charge in [0.15, 0.2) is 0 Å². The van der Waals surface area contributed by atoms with Crippen LogP contribution in [0, 0.1) is 10.1 Å². The molecule has 0 bridgehead atoms. The molecule has 19 heavy (non-hydrogen) atoms. The minimum atomic E-state index is -0.610. The Labute approximate surface area is 119 Å². The summed E-state index contributed by atoms with van der Waals surface area (Å²) >= 11 is 7.35. The number of hydrogen-bond acceptors (Lipinski definition) is 5. The summed E-state index contributed by atoms with van der Waals surface area (Å²) in [5, 5.41) is 13.1. The summed E-state index contributed by atoms with van der Waals surface area (Å²) in [5.41, 5.74) is 5.89. The van der Waals surface area contributed by atoms with E-state index in [1.807, 2.05) is 6.26 Å². The molecule has 0 aliphatic heterocycles. The predicted molar refractivity (Wildman–Crippen MR) is 77.7 cm³/mol. The summed E-state index contributed by atoms with van der Waals surface area (Å²) in [6, 6.07) is 3.38. The number of carbonyl (C=O) groups excluding carboxylic acids is 1. The maximum absolute atomic E-state index is 11.7. The first-order valence-electron chi connectivity index (χ1n) is 5.45. The van der Waals surface area contributed by atoms with E-state index < -0.39 is 11.0 Å². The molecule has 0 unspecified atom stereocenters. The molecule has 0 spiro atoms. The SMILES string of the molecule is CSCC[C@H](N)C(=O)Nc1ccc([N+](=O)[O-])c(Cl)c1. The molecular weight excluding hydrogens is 290 g/mol. The van der Waals surface area contributed by atoms with Crippen molar-refractivity contribution < 1.29 is 9.72 Å². The van der Waals surface area contributed by atoms with Crippen molar-refractivity contribution in [3.63, 3.8) is 0 Å². The van der Waals surface area contributed by atoms with Gasteiger partial charge in [-0.05, 0) is 30.6 Å². The zero-order valence-corrected chi connectivity index (χ0v) is 11.8. The second-order valence-electron chi connectivity index (χ2n) is 3.80. The fourth-order valence-electron chi connectivity index (χ4n) is 1.34. The van der Waals surface area contributed by atoms with Crippen LogP contribution in [0.15, 0.2) is 18.2 Å². The first-order valence-corrected chi connectivity index (χ1v) is 7.22. The van der Waals surface area contributed by atoms with E-state index in [4.69, 9.17) is 17.3 Å². The standard InChI is InChI=1S/C11H14ClN3O3S/c1-19-5-4-9(13)11(16)14-7-2-3-10(15(17)18)8(12)6-7/h2-3,6,9H,4-5,13H2,1H3,(H,14,16)/t9-/m0/s1. The molecule has 104 valence electrons. The monoisotopic (exact) mass is 303 g/mol. The molecular formula is C11H14ClN3O3S. The quantitative estimate of drug-likeness (QED) is 0.620. The minimum Gasteiger partial charge on any atom is -0.325 e. The number of nitro benzene ring substituents is 1. The smallest absolute Gasteiger partial charge is 0.288 e. The topological polar surface area (TPSA) is 98.3 Å². The zero-order chi connectivity index (χ0) is 14.4. The Balaban J connectivity index is 2.70. The van der Waals surface area contributed by atoms with Crippen LogP contribution in [0.1, 0.15) is 6.42 Å². The molecule has 8 heteroatoms. The van der Waals surface area contributed by atoms with Crippen LogP contribution in [-0.2, 0) is 4.79 Å². The summed E-state index contributed by atoms with van der Waals surface area (Å²) in [6.45, 7) is 0. The van der Waals surface area contributed by atoms with Crippen LogP contribution < -0.4 is 11.1 Å². The van der Waals surface area contributed by atoms with Gasteiger partial charge in [-0.25, -0.2) is 0 Å². The Morgan fingerprint density at radius 1 is 1.63 bits per heavy atom. The first-order chi connectivity index (χ1) is 8.95. The lowest BCUT2D eigenvalue weighted by Gasteiger charge is -2.11. The minimum absolute atomic E-state index is 0.0273. The molecule has 1 aromatic carbocycles. The maximum Gasteiger partial charge on any atom is 0.288 e. The van der Waals surface area contributed by atoms with Crippen molar-refractivity contribution in [2.45, 2.75) is 12.5 Å². The molecule has 1 rings (SSSR count). The number of nitro groups is 1. The van der Waals surface area contributed by atoms with Gasteiger partial charge >= 0.3 is 0 Å². The van der Waals surface area contributed by atoms with E-state index in [0.29, 0.717) is 12.1 Å². The lowest BCUT2D eigenvalue weighted by atomic mass is 10.2. The third-order valence-electron chi connectivity index (χ3n) is 2.38. The van der Waals surface area contributed by atoms with Crippen LogP contribution in [0.5, 0.6) is 0 Å². The average Bonchev–Trinajstić information content (AvgIpc) is 2.35. The Kier molecular flexibility index (Phi) is 6.07. The van der Waals surface area contributed by atoms with Crippen LogP contribution in [0.25, 0.3) is 0 Å². The number of nitrogens with two attached hydrogens (primary N) is 1. The van der Waals surface area contributed by atoms with Crippen molar-refractivity contribution >= 4 is 40.6 Å². The van der Waals surface area contributed by atoms with Crippen molar-refractivity contribution in [3.05, 3.63) is 33.3 Å². The summed E-state index contributed by atoms with van der Waals surface area (Å²) in [6.07, 6.45) is 2.49. The van der Waals surface area contributed by atoms with E-state index in [2.05, 4.69) is 5.32 Å². The van der Waals surface area contributed by atoms with Crippen LogP contribution in [0.4, 0.5) is 11.4 Å². The molecule has 6 nitrogen and oxygen atoms in total. The van der Waals surface area contributed by atoms with E-state index in [1.54, 1.807) is 11.8 Å². The Morgan fingerprint density at radius 2 is 2.32 bits per heavy atom. The molecule has 1 atom stereocenters. The highest BCUT2D eigenvalue weighted by atomic mass is 35.5. The van der Waals surface area contributed by atoms with Crippen molar-refractivity contribution in [3.8, 4) is 0 Å². The molecule has 0 radical (unpaired) electrons. The van der Waals surface area contributed by atoms with Crippen molar-refractivity contribution in [2.24, 2.45) is 5.73 Å². The van der Waals surface area contributed by atoms with Crippen LogP contribution in [-0.4, -0.2) is 28.9 Å². The first kappa shape index (κ1) is 15.7. The lowest BCUT2D eigenvalue weighted by molar-refractivity contribution is -0.384. The number of thioether (sulfide) groups is 1. The average molecular weight is 304 g/mol. The van der Waals surface area contributed by atoms with E-state index in [1.165, 1.54) is 18.2 Å². The summed E-state index contributed by atoms with van der Waals surface area (Å²) in [4.78, 5) is 21.7. The molecule has 0 saturated heterocycles. The molecule has 0 aliphatic rings. The molecule has 1 amide bonds. The fraction of sp³-hybridized carbons (Fsp3) is 0.364. The highest BCUT2D eigenvalue weighted by Gasteiger charge is 2.16. The summed E-state index contributed by atoms with van der Waals surface area (Å²) in [5.74, 6) is 0.453. The number of nitrogens with zero attached hydrogens (tertiary/aromatic N) is 1.